The van der Waals surface area contributed by atoms with E-state index in [1.807, 2.05) is 6.07 Å². The van der Waals surface area contributed by atoms with E-state index in [0.29, 0.717) is 28.0 Å². The van der Waals surface area contributed by atoms with Crippen molar-refractivity contribution in [1.29, 1.82) is 0 Å². The molecule has 4 aromatic carbocycles. The van der Waals surface area contributed by atoms with Gasteiger partial charge in [-0.3, -0.25) is 57.5 Å². The maximum absolute atomic E-state index is 12.2. The second kappa shape index (κ2) is 44.5. The van der Waals surface area contributed by atoms with Crippen molar-refractivity contribution in [2.45, 2.75) is 161 Å². The fraction of sp³-hybridized carbons (Fsp3) is 0.500. The van der Waals surface area contributed by atoms with Crippen molar-refractivity contribution < 1.29 is 81.6 Å². The molecule has 0 aliphatic heterocycles. The molecule has 522 valence electrons. The molecule has 0 saturated heterocycles. The number of phenols is 1. The molecule has 21 nitrogen and oxygen atoms in total. The first-order valence-corrected chi connectivity index (χ1v) is 32.9. The summed E-state index contributed by atoms with van der Waals surface area (Å²) in [7, 11) is 0. The molecule has 95 heavy (non-hydrogen) atoms. The summed E-state index contributed by atoms with van der Waals surface area (Å²) in [6, 6.07) is 25.3. The lowest BCUT2D eigenvalue weighted by Gasteiger charge is -2.20. The third-order valence-corrected chi connectivity index (χ3v) is 14.7. The number of hydrogen-bond acceptors (Lipinski definition) is 17. The lowest BCUT2D eigenvalue weighted by Crippen LogP contribution is -2.46. The van der Waals surface area contributed by atoms with E-state index in [9.17, 15) is 62.6 Å². The van der Waals surface area contributed by atoms with E-state index in [1.165, 1.54) is 24.3 Å². The number of hydrogen-bond donors (Lipinski definition) is 5. The van der Waals surface area contributed by atoms with E-state index in [0.717, 1.165) is 4.47 Å². The number of aromatic hydroxyl groups is 1. The van der Waals surface area contributed by atoms with E-state index in [4.69, 9.17) is 30.5 Å². The van der Waals surface area contributed by atoms with Crippen LogP contribution in [0.4, 0.5) is 0 Å². The van der Waals surface area contributed by atoms with Crippen LogP contribution in [0.2, 0.25) is 5.02 Å². The highest BCUT2D eigenvalue weighted by molar-refractivity contribution is 9.10. The number of phenolic OH excluding ortho intramolecular Hbond substituents is 1. The quantitative estimate of drug-likeness (QED) is 0.0283. The van der Waals surface area contributed by atoms with Crippen LogP contribution in [0.25, 0.3) is 0 Å². The maximum Gasteiger partial charge on any atom is 0.258 e. The molecule has 0 fully saturated rings. The number of ether oxygens (including phenoxy) is 4. The lowest BCUT2D eigenvalue weighted by atomic mass is 9.94. The Bertz CT molecular complexity index is 2860. The van der Waals surface area contributed by atoms with Crippen molar-refractivity contribution in [2.24, 2.45) is 47.3 Å². The number of carbonyl (C=O) groups excluding carboxylic acids is 12. The summed E-state index contributed by atoms with van der Waals surface area (Å²) in [5.74, 6) is -2.28. The predicted octanol–water partition coefficient (Wildman–Crippen LogP) is 10.7. The number of para-hydroxylation sites is 1. The first kappa shape index (κ1) is 84.9. The topological polar surface area (TPSA) is 310 Å². The van der Waals surface area contributed by atoms with Crippen LogP contribution in [0, 0.1) is 47.3 Å². The van der Waals surface area contributed by atoms with Gasteiger partial charge >= 0.3 is 0 Å². The van der Waals surface area contributed by atoms with Crippen LogP contribution in [0.3, 0.4) is 0 Å². The normalized spacial score (nSPS) is 12.1. The summed E-state index contributed by atoms with van der Waals surface area (Å²) in [6.45, 7) is 27.2. The van der Waals surface area contributed by atoms with E-state index in [-0.39, 0.29) is 151 Å². The van der Waals surface area contributed by atoms with Gasteiger partial charge in [-0.2, -0.15) is 0 Å². The van der Waals surface area contributed by atoms with Gasteiger partial charge in [0.1, 0.15) is 51.9 Å². The van der Waals surface area contributed by atoms with Gasteiger partial charge in [-0.1, -0.05) is 157 Å². The Morgan fingerprint density at radius 2 is 0.558 bits per heavy atom. The van der Waals surface area contributed by atoms with E-state index in [2.05, 4.69) is 37.2 Å². The number of amides is 4. The predicted molar refractivity (Wildman–Crippen MR) is 367 cm³/mol. The first-order chi connectivity index (χ1) is 44.4. The van der Waals surface area contributed by atoms with Crippen molar-refractivity contribution in [3.63, 3.8) is 0 Å². The van der Waals surface area contributed by atoms with Gasteiger partial charge in [0.25, 0.3) is 23.6 Å². The Morgan fingerprint density at radius 3 is 0.789 bits per heavy atom. The van der Waals surface area contributed by atoms with Gasteiger partial charge in [-0.05, 0) is 84.9 Å². The molecule has 5 N–H and O–H groups in total. The molecule has 4 unspecified atom stereocenters. The SMILES string of the molecule is CC(C)C(=O)CC(NC(=O)COc1ccc(Br)cc1)C(=O)C(C)C.CC(C)C(=O)CC(NC(=O)COc1ccc(Cl)cc1)C(=O)C(C)C.CC(C)C(=O)CC(NC(=O)COc1ccc(O)cc1)C(=O)C(C)C.CC(C)C(=O)CC(NC(=O)COc1ccccc1)C(=O)C(C)C. The van der Waals surface area contributed by atoms with Crippen LogP contribution in [0.15, 0.2) is 108 Å². The zero-order valence-corrected chi connectivity index (χ0v) is 60.0. The van der Waals surface area contributed by atoms with Crippen molar-refractivity contribution in [2.75, 3.05) is 26.4 Å². The van der Waals surface area contributed by atoms with E-state index >= 15 is 0 Å². The van der Waals surface area contributed by atoms with Crippen molar-refractivity contribution in [3.8, 4) is 28.7 Å². The number of nitrogens with one attached hydrogen (secondary N) is 4. The molecular weight excluding hydrogens is 1310 g/mol. The van der Waals surface area contributed by atoms with Crippen LogP contribution in [0.5, 0.6) is 28.7 Å². The van der Waals surface area contributed by atoms with Crippen LogP contribution >= 0.6 is 27.5 Å². The van der Waals surface area contributed by atoms with Crippen molar-refractivity contribution in [3.05, 3.63) is 113 Å². The first-order valence-electron chi connectivity index (χ1n) is 31.7. The minimum absolute atomic E-state index is 0.00135. The van der Waals surface area contributed by atoms with Gasteiger partial charge in [0.05, 0.1) is 24.2 Å². The van der Waals surface area contributed by atoms with E-state index < -0.39 is 47.8 Å². The van der Waals surface area contributed by atoms with Gasteiger partial charge in [0.15, 0.2) is 49.6 Å². The van der Waals surface area contributed by atoms with E-state index in [1.54, 1.807) is 184 Å². The molecule has 0 saturated carbocycles. The molecule has 0 heterocycles. The monoisotopic (exact) mass is 1400 g/mol. The molecular formula is C72H98BrClN4O17. The van der Waals surface area contributed by atoms with Crippen LogP contribution in [-0.4, -0.2) is 126 Å². The number of benzene rings is 4. The van der Waals surface area contributed by atoms with Crippen molar-refractivity contribution in [1.82, 2.24) is 21.3 Å². The Balaban J connectivity index is 0.000000633. The number of rotatable bonds is 36. The molecule has 0 aliphatic carbocycles. The summed E-state index contributed by atoms with van der Waals surface area (Å²) in [5, 5.41) is 20.2. The fourth-order valence-corrected chi connectivity index (χ4v) is 8.30. The van der Waals surface area contributed by atoms with Crippen LogP contribution in [-0.2, 0) is 57.5 Å². The number of ketones is 8. The number of halogens is 2. The lowest BCUT2D eigenvalue weighted by molar-refractivity contribution is -0.133. The van der Waals surface area contributed by atoms with Crippen molar-refractivity contribution >= 4 is 97.4 Å². The average molecular weight is 1410 g/mol. The summed E-state index contributed by atoms with van der Waals surface area (Å²) < 4.78 is 22.3. The molecule has 0 aromatic heterocycles. The zero-order valence-electron chi connectivity index (χ0n) is 57.6. The third kappa shape index (κ3) is 35.8. The van der Waals surface area contributed by atoms with Gasteiger partial charge < -0.3 is 45.3 Å². The molecule has 0 radical (unpaired) electrons. The molecule has 4 aromatic rings. The second-order valence-corrected chi connectivity index (χ2v) is 26.2. The Kier molecular flexibility index (Phi) is 39.8. The highest BCUT2D eigenvalue weighted by Gasteiger charge is 2.31. The largest absolute Gasteiger partial charge is 0.508 e. The Labute approximate surface area is 573 Å². The zero-order chi connectivity index (χ0) is 72.2. The molecule has 4 amide bonds. The molecule has 4 rings (SSSR count). The summed E-state index contributed by atoms with van der Waals surface area (Å²) in [6.07, 6.45) is 0.0193. The maximum atomic E-state index is 12.2. The summed E-state index contributed by atoms with van der Waals surface area (Å²) >= 11 is 9.10. The third-order valence-electron chi connectivity index (χ3n) is 13.9. The minimum Gasteiger partial charge on any atom is -0.508 e. The minimum atomic E-state index is -0.837. The standard InChI is InChI=1S/C18H24BrNO4.C18H24ClNO4.C18H25NO5.C18H25NO4/c2*1-11(2)16(21)9-15(18(23)12(3)4)20-17(22)10-24-14-7-5-13(19)6-8-14;1-11(2)16(21)9-15(18(23)12(3)4)19-17(22)10-24-14-7-5-13(20)6-8-14;1-12(2)16(20)10-15(18(22)13(3)4)19-17(21)11-23-14-8-6-5-7-9-14/h2*5-8,11-12,15H,9-10H2,1-4H3,(H,20,22);5-8,11-12,15,20H,9-10H2,1-4H3,(H,19,22);5-9,12-13,15H,10-11H2,1-4H3,(H,19,21). The molecule has 0 spiro atoms. The van der Waals surface area contributed by atoms with Gasteiger partial charge in [0, 0.05) is 82.5 Å². The average Bonchev–Trinajstić information content (AvgIpc) is 1.20. The second-order valence-electron chi connectivity index (χ2n) is 24.9. The van der Waals surface area contributed by atoms with Gasteiger partial charge in [-0.15, -0.1) is 0 Å². The highest BCUT2D eigenvalue weighted by Crippen LogP contribution is 2.20. The van der Waals surface area contributed by atoms with Crippen LogP contribution < -0.4 is 40.2 Å². The number of Topliss-reactive ketones (excluding diaryl/α,β-unsaturated/α-hetero) is 8. The molecule has 4 atom stereocenters. The number of carbonyl (C=O) groups is 12. The Morgan fingerprint density at radius 1 is 0.337 bits per heavy atom. The molecule has 0 bridgehead atoms. The van der Waals surface area contributed by atoms with Crippen LogP contribution in [0.1, 0.15) is 136 Å². The fourth-order valence-electron chi connectivity index (χ4n) is 7.91. The molecule has 23 heteroatoms. The van der Waals surface area contributed by atoms with Gasteiger partial charge in [-0.25, -0.2) is 0 Å². The molecule has 0 aliphatic rings. The smallest absolute Gasteiger partial charge is 0.258 e. The van der Waals surface area contributed by atoms with Gasteiger partial charge in [0.2, 0.25) is 0 Å². The Hall–Kier alpha value is -8.11. The summed E-state index contributed by atoms with van der Waals surface area (Å²) in [5.41, 5.74) is 0. The summed E-state index contributed by atoms with van der Waals surface area (Å²) in [4.78, 5) is 145. The highest BCUT2D eigenvalue weighted by atomic mass is 79.9.